The molecule has 0 fully saturated rings. The number of rotatable bonds is 2. The van der Waals surface area contributed by atoms with E-state index in [1.54, 1.807) is 6.07 Å². The average molecular weight is 251 g/mol. The fourth-order valence-electron chi connectivity index (χ4n) is 1.95. The molecule has 2 nitrogen and oxygen atoms in total. The van der Waals surface area contributed by atoms with Crippen molar-refractivity contribution in [2.24, 2.45) is 5.92 Å². The topological polar surface area (TPSA) is 28.7 Å². The zero-order chi connectivity index (χ0) is 12.6. The molecule has 0 N–H and O–H groups in total. The Morgan fingerprint density at radius 2 is 2.18 bits per heavy atom. The molecule has 0 atom stereocenters. The van der Waals surface area contributed by atoms with Gasteiger partial charge in [0.05, 0.1) is 11.1 Å². The minimum Gasteiger partial charge on any atom is -0.330 e. The highest BCUT2D eigenvalue weighted by molar-refractivity contribution is 6.32. The van der Waals surface area contributed by atoms with Crippen molar-refractivity contribution in [3.05, 3.63) is 34.7 Å². The van der Waals surface area contributed by atoms with Crippen LogP contribution in [0.1, 0.15) is 19.4 Å². The third-order valence-electron chi connectivity index (χ3n) is 2.62. The highest BCUT2D eigenvalue weighted by atomic mass is 35.5. The maximum absolute atomic E-state index is 13.2. The fourth-order valence-corrected chi connectivity index (χ4v) is 2.25. The summed E-state index contributed by atoms with van der Waals surface area (Å²) >= 11 is 6.17. The molecule has 0 aliphatic heterocycles. The van der Waals surface area contributed by atoms with Gasteiger partial charge in [0.1, 0.15) is 17.0 Å². The Balaban J connectivity index is 2.76. The molecule has 2 rings (SSSR count). The van der Waals surface area contributed by atoms with Crippen molar-refractivity contribution >= 4 is 22.5 Å². The van der Waals surface area contributed by atoms with Gasteiger partial charge >= 0.3 is 0 Å². The van der Waals surface area contributed by atoms with Crippen molar-refractivity contribution in [3.8, 4) is 6.07 Å². The number of benzene rings is 1. The quantitative estimate of drug-likeness (QED) is 0.793. The first-order chi connectivity index (χ1) is 8.04. The first-order valence-electron chi connectivity index (χ1n) is 5.42. The van der Waals surface area contributed by atoms with E-state index in [1.807, 2.05) is 10.6 Å². The van der Waals surface area contributed by atoms with Crippen LogP contribution in [0, 0.1) is 23.1 Å². The summed E-state index contributed by atoms with van der Waals surface area (Å²) in [6.45, 7) is 4.85. The van der Waals surface area contributed by atoms with Crippen LogP contribution in [0.15, 0.2) is 18.2 Å². The number of aromatic nitrogens is 1. The standard InChI is InChI=1S/C13H12ClFN2/c1-8(2)7-17-12-4-3-9(15)5-10(12)11(6-16)13(17)14/h3-5,8H,7H2,1-2H3. The van der Waals surface area contributed by atoms with Crippen LogP contribution in [0.4, 0.5) is 4.39 Å². The lowest BCUT2D eigenvalue weighted by Gasteiger charge is -2.09. The number of nitrogens with zero attached hydrogens (tertiary/aromatic N) is 2. The van der Waals surface area contributed by atoms with Gasteiger partial charge in [-0.15, -0.1) is 0 Å². The molecule has 1 aromatic heterocycles. The van der Waals surface area contributed by atoms with Crippen LogP contribution in [0.3, 0.4) is 0 Å². The summed E-state index contributed by atoms with van der Waals surface area (Å²) in [5, 5.41) is 10.1. The molecule has 0 aliphatic carbocycles. The van der Waals surface area contributed by atoms with Gasteiger partial charge in [0.15, 0.2) is 0 Å². The number of fused-ring (bicyclic) bond motifs is 1. The molecule has 0 saturated heterocycles. The first kappa shape index (κ1) is 11.9. The third-order valence-corrected chi connectivity index (χ3v) is 3.01. The molecule has 0 bridgehead atoms. The molecule has 2 aromatic rings. The Morgan fingerprint density at radius 3 is 2.76 bits per heavy atom. The normalized spacial score (nSPS) is 11.1. The van der Waals surface area contributed by atoms with E-state index in [4.69, 9.17) is 16.9 Å². The minimum atomic E-state index is -0.354. The predicted octanol–water partition coefficient (Wildman–Crippen LogP) is 3.96. The van der Waals surface area contributed by atoms with Gasteiger partial charge < -0.3 is 4.57 Å². The van der Waals surface area contributed by atoms with Crippen LogP contribution >= 0.6 is 11.6 Å². The molecule has 4 heteroatoms. The van der Waals surface area contributed by atoms with Gasteiger partial charge in [-0.05, 0) is 24.1 Å². The molecule has 1 heterocycles. The van der Waals surface area contributed by atoms with Crippen LogP contribution < -0.4 is 0 Å². The second kappa shape index (κ2) is 4.38. The van der Waals surface area contributed by atoms with Gasteiger partial charge in [-0.25, -0.2) is 4.39 Å². The minimum absolute atomic E-state index is 0.349. The molecule has 88 valence electrons. The van der Waals surface area contributed by atoms with Crippen molar-refractivity contribution in [3.63, 3.8) is 0 Å². The van der Waals surface area contributed by atoms with E-state index in [0.717, 1.165) is 5.52 Å². The van der Waals surface area contributed by atoms with E-state index >= 15 is 0 Å². The zero-order valence-corrected chi connectivity index (χ0v) is 10.4. The summed E-state index contributed by atoms with van der Waals surface area (Å²) in [4.78, 5) is 0. The lowest BCUT2D eigenvalue weighted by atomic mass is 10.2. The molecule has 17 heavy (non-hydrogen) atoms. The summed E-state index contributed by atoms with van der Waals surface area (Å²) in [6.07, 6.45) is 0. The summed E-state index contributed by atoms with van der Waals surface area (Å²) < 4.78 is 15.1. The Morgan fingerprint density at radius 1 is 1.47 bits per heavy atom. The molecular weight excluding hydrogens is 239 g/mol. The zero-order valence-electron chi connectivity index (χ0n) is 9.67. The van der Waals surface area contributed by atoms with Crippen LogP contribution in [0.25, 0.3) is 10.9 Å². The van der Waals surface area contributed by atoms with Crippen LogP contribution in [0.2, 0.25) is 5.15 Å². The van der Waals surface area contributed by atoms with E-state index in [2.05, 4.69) is 13.8 Å². The Labute approximate surface area is 104 Å². The average Bonchev–Trinajstić information content (AvgIpc) is 2.50. The molecule has 0 amide bonds. The van der Waals surface area contributed by atoms with Crippen molar-refractivity contribution in [2.75, 3.05) is 0 Å². The second-order valence-corrected chi connectivity index (χ2v) is 4.80. The first-order valence-corrected chi connectivity index (χ1v) is 5.79. The van der Waals surface area contributed by atoms with Crippen molar-refractivity contribution in [1.82, 2.24) is 4.57 Å². The third kappa shape index (κ3) is 2.01. The van der Waals surface area contributed by atoms with Crippen LogP contribution in [-0.4, -0.2) is 4.57 Å². The maximum Gasteiger partial charge on any atom is 0.128 e. The molecule has 0 radical (unpaired) electrons. The largest absolute Gasteiger partial charge is 0.330 e. The molecule has 0 spiro atoms. The monoisotopic (exact) mass is 250 g/mol. The maximum atomic E-state index is 13.2. The SMILES string of the molecule is CC(C)Cn1c(Cl)c(C#N)c2cc(F)ccc21. The highest BCUT2D eigenvalue weighted by Gasteiger charge is 2.16. The Kier molecular flexibility index (Phi) is 3.08. The molecule has 0 aliphatic rings. The highest BCUT2D eigenvalue weighted by Crippen LogP contribution is 2.30. The van der Waals surface area contributed by atoms with Gasteiger partial charge in [-0.1, -0.05) is 25.4 Å². The number of hydrogen-bond donors (Lipinski definition) is 0. The van der Waals surface area contributed by atoms with Crippen LogP contribution in [-0.2, 0) is 6.54 Å². The number of hydrogen-bond acceptors (Lipinski definition) is 1. The van der Waals surface area contributed by atoms with Gasteiger partial charge in [0.25, 0.3) is 0 Å². The van der Waals surface area contributed by atoms with Crippen molar-refractivity contribution in [2.45, 2.75) is 20.4 Å². The fraction of sp³-hybridized carbons (Fsp3) is 0.308. The van der Waals surface area contributed by atoms with Gasteiger partial charge in [0.2, 0.25) is 0 Å². The number of halogens is 2. The Hall–Kier alpha value is -1.53. The van der Waals surface area contributed by atoms with Gasteiger partial charge in [-0.3, -0.25) is 0 Å². The second-order valence-electron chi connectivity index (χ2n) is 4.44. The van der Waals surface area contributed by atoms with E-state index in [1.165, 1.54) is 12.1 Å². The van der Waals surface area contributed by atoms with Crippen LogP contribution in [0.5, 0.6) is 0 Å². The molecule has 1 aromatic carbocycles. The summed E-state index contributed by atoms with van der Waals surface area (Å²) in [6, 6.07) is 6.45. The molecular formula is C13H12ClFN2. The predicted molar refractivity (Wildman–Crippen MR) is 66.5 cm³/mol. The van der Waals surface area contributed by atoms with E-state index < -0.39 is 0 Å². The smallest absolute Gasteiger partial charge is 0.128 e. The Bertz CT molecular complexity index is 608. The summed E-state index contributed by atoms with van der Waals surface area (Å²) in [5.74, 6) is 0.0482. The van der Waals surface area contributed by atoms with E-state index in [0.29, 0.717) is 28.6 Å². The molecule has 0 unspecified atom stereocenters. The lowest BCUT2D eigenvalue weighted by molar-refractivity contribution is 0.535. The van der Waals surface area contributed by atoms with Gasteiger partial charge in [0, 0.05) is 11.9 Å². The molecule has 0 saturated carbocycles. The lowest BCUT2D eigenvalue weighted by Crippen LogP contribution is -2.04. The van der Waals surface area contributed by atoms with E-state index in [-0.39, 0.29) is 5.82 Å². The van der Waals surface area contributed by atoms with Crippen molar-refractivity contribution in [1.29, 1.82) is 5.26 Å². The summed E-state index contributed by atoms with van der Waals surface area (Å²) in [5.41, 5.74) is 1.16. The number of nitriles is 1. The summed E-state index contributed by atoms with van der Waals surface area (Å²) in [7, 11) is 0. The van der Waals surface area contributed by atoms with Crippen molar-refractivity contribution < 1.29 is 4.39 Å². The van der Waals surface area contributed by atoms with Gasteiger partial charge in [-0.2, -0.15) is 5.26 Å². The van der Waals surface area contributed by atoms with E-state index in [9.17, 15) is 4.39 Å².